The summed E-state index contributed by atoms with van der Waals surface area (Å²) >= 11 is 0. The second kappa shape index (κ2) is 3.48. The molecule has 17 heavy (non-hydrogen) atoms. The summed E-state index contributed by atoms with van der Waals surface area (Å²) in [4.78, 5) is 11.9. The summed E-state index contributed by atoms with van der Waals surface area (Å²) in [6.07, 6.45) is 1.38. The predicted octanol–water partition coefficient (Wildman–Crippen LogP) is 1.63. The van der Waals surface area contributed by atoms with Gasteiger partial charge < -0.3 is 10.5 Å². The number of hydrogen-bond donors (Lipinski definition) is 2. The highest BCUT2D eigenvalue weighted by molar-refractivity contribution is 6.11. The highest BCUT2D eigenvalue weighted by atomic mass is 16.5. The molecule has 0 saturated carbocycles. The molecule has 5 heteroatoms. The Bertz CT molecular complexity index is 610. The lowest BCUT2D eigenvalue weighted by atomic mass is 10.1. The Morgan fingerprint density at radius 1 is 1.00 bits per heavy atom. The van der Waals surface area contributed by atoms with Gasteiger partial charge in [-0.2, -0.15) is 0 Å². The molecule has 1 aliphatic rings. The summed E-state index contributed by atoms with van der Waals surface area (Å²) in [5.74, 6) is 0.101. The lowest BCUT2D eigenvalue weighted by Crippen LogP contribution is -2.29. The van der Waals surface area contributed by atoms with Crippen LogP contribution < -0.4 is 15.4 Å². The number of rotatable bonds is 0. The maximum absolute atomic E-state index is 11.9. The number of carbonyl (C=O) groups excluding carboxylic acids is 1. The number of para-hydroxylation sites is 1. The normalized spacial score (nSPS) is 12.8. The van der Waals surface area contributed by atoms with Crippen LogP contribution in [0.25, 0.3) is 0 Å². The molecule has 1 amide bonds. The monoisotopic (exact) mass is 227 g/mol. The maximum atomic E-state index is 11.9. The number of nitrogens with zero attached hydrogens (tertiary/aromatic N) is 1. The predicted molar refractivity (Wildman–Crippen MR) is 63.1 cm³/mol. The van der Waals surface area contributed by atoms with E-state index in [-0.39, 0.29) is 5.91 Å². The van der Waals surface area contributed by atoms with Gasteiger partial charge in [0.1, 0.15) is 11.4 Å². The Morgan fingerprint density at radius 3 is 2.65 bits per heavy atom. The molecular formula is C12H9N3O2. The van der Waals surface area contributed by atoms with E-state index in [0.29, 0.717) is 27.5 Å². The van der Waals surface area contributed by atoms with Gasteiger partial charge in [-0.25, -0.2) is 10.0 Å². The van der Waals surface area contributed by atoms with Gasteiger partial charge in [0.25, 0.3) is 5.91 Å². The highest BCUT2D eigenvalue weighted by Gasteiger charge is 2.24. The minimum atomic E-state index is -0.224. The van der Waals surface area contributed by atoms with E-state index < -0.39 is 0 Å². The number of pyridine rings is 1. The first-order chi connectivity index (χ1) is 8.25. The van der Waals surface area contributed by atoms with Crippen LogP contribution >= 0.6 is 0 Å². The number of anilines is 3. The van der Waals surface area contributed by atoms with Gasteiger partial charge in [-0.1, -0.05) is 12.1 Å². The fraction of sp³-hybridized carbons (Fsp3) is 0. The first-order valence-corrected chi connectivity index (χ1v) is 5.15. The number of aromatic nitrogens is 1. The molecule has 1 aliphatic heterocycles. The van der Waals surface area contributed by atoms with Crippen LogP contribution in [0.1, 0.15) is 10.4 Å². The molecule has 2 aromatic rings. The first kappa shape index (κ1) is 9.65. The third kappa shape index (κ3) is 1.48. The molecule has 1 aromatic carbocycles. The molecular weight excluding hydrogens is 218 g/mol. The molecule has 0 atom stereocenters. The number of carbonyl (C=O) groups is 1. The van der Waals surface area contributed by atoms with Crippen molar-refractivity contribution in [2.75, 3.05) is 10.6 Å². The molecule has 0 unspecified atom stereocenters. The summed E-state index contributed by atoms with van der Waals surface area (Å²) in [7, 11) is 0. The van der Waals surface area contributed by atoms with Crippen LogP contribution in [0.4, 0.5) is 17.2 Å². The zero-order valence-electron chi connectivity index (χ0n) is 8.81. The van der Waals surface area contributed by atoms with Gasteiger partial charge in [-0.05, 0) is 24.3 Å². The molecule has 0 fully saturated rings. The molecule has 0 bridgehead atoms. The molecule has 0 spiro atoms. The topological polar surface area (TPSA) is 68.1 Å². The lowest BCUT2D eigenvalue weighted by Gasteiger charge is -2.09. The van der Waals surface area contributed by atoms with Crippen LogP contribution in [-0.2, 0) is 0 Å². The Kier molecular flexibility index (Phi) is 1.98. The van der Waals surface area contributed by atoms with Gasteiger partial charge in [-0.3, -0.25) is 4.79 Å². The van der Waals surface area contributed by atoms with Crippen molar-refractivity contribution in [1.82, 2.24) is 0 Å². The smallest absolute Gasteiger partial charge is 0.306 e. The minimum absolute atomic E-state index is 0.224. The Morgan fingerprint density at radius 2 is 1.76 bits per heavy atom. The molecule has 0 saturated heterocycles. The van der Waals surface area contributed by atoms with Crippen molar-refractivity contribution in [3.05, 3.63) is 53.4 Å². The first-order valence-electron chi connectivity index (χ1n) is 5.15. The van der Waals surface area contributed by atoms with Crippen molar-refractivity contribution in [2.24, 2.45) is 0 Å². The highest BCUT2D eigenvalue weighted by Crippen LogP contribution is 2.28. The Balaban J connectivity index is 2.21. The van der Waals surface area contributed by atoms with Crippen LogP contribution in [0.5, 0.6) is 0 Å². The van der Waals surface area contributed by atoms with Gasteiger partial charge in [0.05, 0.1) is 11.8 Å². The molecule has 84 valence electrons. The van der Waals surface area contributed by atoms with Gasteiger partial charge in [0.15, 0.2) is 0 Å². The third-order valence-electron chi connectivity index (χ3n) is 2.63. The zero-order valence-corrected chi connectivity index (χ0v) is 8.81. The van der Waals surface area contributed by atoms with Gasteiger partial charge in [-0.15, -0.1) is 0 Å². The Labute approximate surface area is 97.3 Å². The maximum Gasteiger partial charge on any atom is 0.306 e. The van der Waals surface area contributed by atoms with Crippen molar-refractivity contribution in [2.45, 2.75) is 0 Å². The molecule has 1 aromatic heterocycles. The van der Waals surface area contributed by atoms with Crippen LogP contribution in [-0.4, -0.2) is 5.91 Å². The minimum Gasteiger partial charge on any atom is -0.711 e. The average Bonchev–Trinajstić information content (AvgIpc) is 2.47. The molecule has 0 radical (unpaired) electrons. The SMILES string of the molecule is O=C1Nc2ccc[n+]([O-])c2Nc2ccccc21. The van der Waals surface area contributed by atoms with Crippen molar-refractivity contribution in [3.8, 4) is 0 Å². The third-order valence-corrected chi connectivity index (χ3v) is 2.63. The summed E-state index contributed by atoms with van der Waals surface area (Å²) in [5, 5.41) is 17.3. The molecule has 3 rings (SSSR count). The summed E-state index contributed by atoms with van der Waals surface area (Å²) < 4.78 is 0.692. The lowest BCUT2D eigenvalue weighted by molar-refractivity contribution is -0.589. The molecule has 2 heterocycles. The van der Waals surface area contributed by atoms with E-state index in [9.17, 15) is 10.0 Å². The van der Waals surface area contributed by atoms with Gasteiger partial charge in [0, 0.05) is 0 Å². The number of benzene rings is 1. The fourth-order valence-electron chi connectivity index (χ4n) is 1.82. The summed E-state index contributed by atoms with van der Waals surface area (Å²) in [6.45, 7) is 0. The van der Waals surface area contributed by atoms with Crippen LogP contribution in [0, 0.1) is 5.21 Å². The van der Waals surface area contributed by atoms with E-state index in [0.717, 1.165) is 0 Å². The summed E-state index contributed by atoms with van der Waals surface area (Å²) in [6, 6.07) is 10.3. The fourth-order valence-corrected chi connectivity index (χ4v) is 1.82. The number of nitrogens with one attached hydrogen (secondary N) is 2. The van der Waals surface area contributed by atoms with Crippen molar-refractivity contribution in [1.29, 1.82) is 0 Å². The number of amides is 1. The number of hydrogen-bond acceptors (Lipinski definition) is 3. The van der Waals surface area contributed by atoms with E-state index >= 15 is 0 Å². The largest absolute Gasteiger partial charge is 0.711 e. The van der Waals surface area contributed by atoms with E-state index in [1.807, 2.05) is 6.07 Å². The van der Waals surface area contributed by atoms with E-state index in [1.165, 1.54) is 6.20 Å². The quantitative estimate of drug-likeness (QED) is 0.531. The molecule has 2 N–H and O–H groups in total. The van der Waals surface area contributed by atoms with Crippen molar-refractivity contribution in [3.63, 3.8) is 0 Å². The van der Waals surface area contributed by atoms with E-state index in [2.05, 4.69) is 10.6 Å². The van der Waals surface area contributed by atoms with Gasteiger partial charge in [0.2, 0.25) is 0 Å². The summed E-state index contributed by atoms with van der Waals surface area (Å²) in [5.41, 5.74) is 1.62. The van der Waals surface area contributed by atoms with Crippen LogP contribution in [0.2, 0.25) is 0 Å². The van der Waals surface area contributed by atoms with Crippen LogP contribution in [0.3, 0.4) is 0 Å². The van der Waals surface area contributed by atoms with E-state index in [1.54, 1.807) is 30.3 Å². The molecule has 0 aliphatic carbocycles. The van der Waals surface area contributed by atoms with E-state index in [4.69, 9.17) is 0 Å². The van der Waals surface area contributed by atoms with Crippen molar-refractivity contribution < 1.29 is 9.52 Å². The molecule has 5 nitrogen and oxygen atoms in total. The second-order valence-electron chi connectivity index (χ2n) is 3.72. The van der Waals surface area contributed by atoms with Crippen LogP contribution in [0.15, 0.2) is 42.6 Å². The van der Waals surface area contributed by atoms with Gasteiger partial charge >= 0.3 is 5.82 Å². The zero-order chi connectivity index (χ0) is 11.8. The standard InChI is InChI=1S/C12H9N3O2/c16-12-8-4-1-2-5-9(8)13-11-10(14-12)6-3-7-15(11)17/h1-7,13H,(H,14,16). The second-order valence-corrected chi connectivity index (χ2v) is 3.72. The number of fused-ring (bicyclic) bond motifs is 2. The van der Waals surface area contributed by atoms with Crippen molar-refractivity contribution >= 4 is 23.1 Å². The average molecular weight is 227 g/mol. The Hall–Kier alpha value is -2.56.